The lowest BCUT2D eigenvalue weighted by Crippen LogP contribution is -2.22. The zero-order valence-corrected chi connectivity index (χ0v) is 18.3. The Balaban J connectivity index is 2.19. The van der Waals surface area contributed by atoms with Crippen molar-refractivity contribution in [1.82, 2.24) is 4.57 Å². The lowest BCUT2D eigenvalue weighted by atomic mass is 10.1. The number of esters is 1. The van der Waals surface area contributed by atoms with Crippen LogP contribution in [-0.2, 0) is 25.9 Å². The van der Waals surface area contributed by atoms with Crippen molar-refractivity contribution in [2.45, 2.75) is 18.4 Å². The maximum Gasteiger partial charge on any atom is 0.325 e. The lowest BCUT2D eigenvalue weighted by Gasteiger charge is -2.04. The van der Waals surface area contributed by atoms with Crippen LogP contribution in [-0.4, -0.2) is 43.2 Å². The first-order valence-electron chi connectivity index (χ1n) is 8.75. The van der Waals surface area contributed by atoms with Crippen LogP contribution in [0, 0.1) is 17.0 Å². The van der Waals surface area contributed by atoms with Gasteiger partial charge in [0.05, 0.1) is 27.1 Å². The zero-order valence-electron chi connectivity index (χ0n) is 16.7. The highest BCUT2D eigenvalue weighted by atomic mass is 32.2. The van der Waals surface area contributed by atoms with Gasteiger partial charge >= 0.3 is 5.97 Å². The topological polar surface area (TPSA) is 138 Å². The molecule has 12 heteroatoms. The van der Waals surface area contributed by atoms with Gasteiger partial charge in [-0.2, -0.15) is 4.99 Å². The fraction of sp³-hybridized carbons (Fsp3) is 0.211. The van der Waals surface area contributed by atoms with Gasteiger partial charge in [0.2, 0.25) is 0 Å². The van der Waals surface area contributed by atoms with E-state index in [1.165, 1.54) is 42.0 Å². The number of carbonyl (C=O) groups excluding carboxylic acids is 2. The van der Waals surface area contributed by atoms with Crippen LogP contribution in [0.2, 0.25) is 0 Å². The second-order valence-electron chi connectivity index (χ2n) is 6.62. The van der Waals surface area contributed by atoms with Crippen molar-refractivity contribution in [3.05, 3.63) is 62.4 Å². The third kappa shape index (κ3) is 4.70. The number of rotatable bonds is 5. The molecule has 0 radical (unpaired) electrons. The fourth-order valence-electron chi connectivity index (χ4n) is 2.81. The highest BCUT2D eigenvalue weighted by molar-refractivity contribution is 7.90. The van der Waals surface area contributed by atoms with Gasteiger partial charge in [-0.3, -0.25) is 19.7 Å². The Morgan fingerprint density at radius 3 is 2.55 bits per heavy atom. The van der Waals surface area contributed by atoms with Gasteiger partial charge in [0.15, 0.2) is 14.6 Å². The number of nitrogens with zero attached hydrogens (tertiary/aromatic N) is 3. The predicted octanol–water partition coefficient (Wildman–Crippen LogP) is 2.24. The van der Waals surface area contributed by atoms with E-state index in [0.29, 0.717) is 15.8 Å². The first-order valence-corrected chi connectivity index (χ1v) is 11.5. The van der Waals surface area contributed by atoms with Crippen molar-refractivity contribution in [3.8, 4) is 0 Å². The molecule has 0 atom stereocenters. The molecule has 2 aromatic carbocycles. The third-order valence-corrected chi connectivity index (χ3v) is 6.60. The van der Waals surface area contributed by atoms with Crippen molar-refractivity contribution in [2.24, 2.45) is 4.99 Å². The molecule has 1 aromatic heterocycles. The Hall–Kier alpha value is -3.38. The molecule has 31 heavy (non-hydrogen) atoms. The highest BCUT2D eigenvalue weighted by Gasteiger charge is 2.17. The average Bonchev–Trinajstić information content (AvgIpc) is 3.03. The summed E-state index contributed by atoms with van der Waals surface area (Å²) in [7, 11) is -2.25. The molecule has 162 valence electrons. The molecule has 1 amide bonds. The molecular formula is C19H17N3O7S2. The molecule has 3 aromatic rings. The number of hydrogen-bond donors (Lipinski definition) is 0. The molecule has 0 aliphatic heterocycles. The highest BCUT2D eigenvalue weighted by Crippen LogP contribution is 2.23. The normalized spacial score (nSPS) is 12.2. The molecule has 0 spiro atoms. The number of amides is 1. The van der Waals surface area contributed by atoms with E-state index < -0.39 is 26.6 Å². The van der Waals surface area contributed by atoms with Gasteiger partial charge in [-0.05, 0) is 31.2 Å². The monoisotopic (exact) mass is 463 g/mol. The van der Waals surface area contributed by atoms with Crippen LogP contribution in [0.3, 0.4) is 0 Å². The molecule has 0 saturated carbocycles. The predicted molar refractivity (Wildman–Crippen MR) is 113 cm³/mol. The van der Waals surface area contributed by atoms with E-state index in [1.54, 1.807) is 6.92 Å². The van der Waals surface area contributed by atoms with Crippen LogP contribution in [0.1, 0.15) is 15.9 Å². The maximum absolute atomic E-state index is 12.7. The minimum Gasteiger partial charge on any atom is -0.468 e. The number of benzene rings is 2. The summed E-state index contributed by atoms with van der Waals surface area (Å²) in [5, 5.41) is 11.2. The number of fused-ring (bicyclic) bond motifs is 1. The number of nitro groups is 1. The van der Waals surface area contributed by atoms with Gasteiger partial charge in [0.1, 0.15) is 6.54 Å². The van der Waals surface area contributed by atoms with Crippen molar-refractivity contribution in [3.63, 3.8) is 0 Å². The summed E-state index contributed by atoms with van der Waals surface area (Å²) in [5.74, 6) is -1.33. The zero-order chi connectivity index (χ0) is 22.9. The van der Waals surface area contributed by atoms with Crippen LogP contribution in [0.4, 0.5) is 5.69 Å². The summed E-state index contributed by atoms with van der Waals surface area (Å²) in [6.07, 6.45) is 1.07. The van der Waals surface area contributed by atoms with Crippen molar-refractivity contribution in [2.75, 3.05) is 13.4 Å². The molecule has 0 bridgehead atoms. The van der Waals surface area contributed by atoms with E-state index in [0.717, 1.165) is 23.7 Å². The number of aryl methyl sites for hydroxylation is 1. The molecule has 10 nitrogen and oxygen atoms in total. The molecule has 0 N–H and O–H groups in total. The number of aromatic nitrogens is 1. The molecule has 0 unspecified atom stereocenters. The van der Waals surface area contributed by atoms with Gasteiger partial charge < -0.3 is 9.30 Å². The maximum atomic E-state index is 12.7. The van der Waals surface area contributed by atoms with Gasteiger partial charge in [-0.15, -0.1) is 0 Å². The molecule has 0 aliphatic carbocycles. The van der Waals surface area contributed by atoms with Crippen LogP contribution < -0.4 is 4.80 Å². The smallest absolute Gasteiger partial charge is 0.325 e. The Morgan fingerprint density at radius 1 is 1.23 bits per heavy atom. The van der Waals surface area contributed by atoms with E-state index in [-0.39, 0.29) is 27.5 Å². The number of hydrogen-bond acceptors (Lipinski definition) is 8. The second kappa shape index (κ2) is 8.40. The standard InChI is InChI=1S/C19H17N3O7S2/c1-11-4-5-12(8-15(11)22(25)26)18(24)20-19-21(10-17(23)29-2)14-7-6-13(31(3,27)28)9-16(14)30-19/h4-9H,10H2,1-3H3. The summed E-state index contributed by atoms with van der Waals surface area (Å²) in [6, 6.07) is 8.36. The Bertz CT molecular complexity index is 1400. The first kappa shape index (κ1) is 22.3. The van der Waals surface area contributed by atoms with Crippen LogP contribution in [0.25, 0.3) is 10.2 Å². The van der Waals surface area contributed by atoms with Crippen molar-refractivity contribution < 1.29 is 27.7 Å². The average molecular weight is 463 g/mol. The van der Waals surface area contributed by atoms with Gasteiger partial charge in [-0.25, -0.2) is 8.42 Å². The van der Waals surface area contributed by atoms with Crippen molar-refractivity contribution >= 4 is 49.0 Å². The minimum absolute atomic E-state index is 0.0104. The van der Waals surface area contributed by atoms with Gasteiger partial charge in [-0.1, -0.05) is 17.4 Å². The quantitative estimate of drug-likeness (QED) is 0.321. The summed E-state index contributed by atoms with van der Waals surface area (Å²) < 4.78 is 30.3. The Labute approximate surface area is 180 Å². The van der Waals surface area contributed by atoms with E-state index in [9.17, 15) is 28.1 Å². The summed E-state index contributed by atoms with van der Waals surface area (Å²) in [6.45, 7) is 1.30. The number of nitro benzene ring substituents is 1. The molecule has 0 saturated heterocycles. The largest absolute Gasteiger partial charge is 0.468 e. The summed E-state index contributed by atoms with van der Waals surface area (Å²) in [4.78, 5) is 39.4. The van der Waals surface area contributed by atoms with E-state index in [4.69, 9.17) is 4.74 Å². The second-order valence-corrected chi connectivity index (χ2v) is 9.65. The summed E-state index contributed by atoms with van der Waals surface area (Å²) >= 11 is 1.01. The number of thiazole rings is 1. The molecule has 3 rings (SSSR count). The first-order chi connectivity index (χ1) is 14.5. The number of sulfone groups is 1. The van der Waals surface area contributed by atoms with Gasteiger partial charge in [0.25, 0.3) is 11.6 Å². The van der Waals surface area contributed by atoms with E-state index >= 15 is 0 Å². The van der Waals surface area contributed by atoms with Crippen molar-refractivity contribution in [1.29, 1.82) is 0 Å². The lowest BCUT2D eigenvalue weighted by molar-refractivity contribution is -0.385. The SMILES string of the molecule is COC(=O)Cn1c(=NC(=O)c2ccc(C)c([N+](=O)[O-])c2)sc2cc(S(C)(=O)=O)ccc21. The Kier molecular flexibility index (Phi) is 6.04. The van der Waals surface area contributed by atoms with Crippen LogP contribution >= 0.6 is 11.3 Å². The van der Waals surface area contributed by atoms with E-state index in [2.05, 4.69) is 4.99 Å². The Morgan fingerprint density at radius 2 is 1.94 bits per heavy atom. The summed E-state index contributed by atoms with van der Waals surface area (Å²) in [5.41, 5.74) is 0.690. The van der Waals surface area contributed by atoms with Crippen LogP contribution in [0.5, 0.6) is 0 Å². The molecule has 0 aliphatic rings. The molecule has 0 fully saturated rings. The molecular weight excluding hydrogens is 446 g/mol. The molecule has 1 heterocycles. The number of methoxy groups -OCH3 is 1. The number of carbonyl (C=O) groups is 2. The van der Waals surface area contributed by atoms with Crippen LogP contribution in [0.15, 0.2) is 46.3 Å². The van der Waals surface area contributed by atoms with E-state index in [1.807, 2.05) is 0 Å². The third-order valence-electron chi connectivity index (χ3n) is 4.45. The fourth-order valence-corrected chi connectivity index (χ4v) is 4.60. The van der Waals surface area contributed by atoms with Gasteiger partial charge in [0, 0.05) is 23.4 Å². The number of ether oxygens (including phenoxy) is 1. The minimum atomic E-state index is -3.46.